The van der Waals surface area contributed by atoms with E-state index < -0.39 is 0 Å². The number of rotatable bonds is 2. The Morgan fingerprint density at radius 3 is 2.73 bits per heavy atom. The Morgan fingerprint density at radius 1 is 1.53 bits per heavy atom. The van der Waals surface area contributed by atoms with Crippen molar-refractivity contribution in [3.63, 3.8) is 0 Å². The van der Waals surface area contributed by atoms with Gasteiger partial charge >= 0.3 is 6.03 Å². The number of anilines is 1. The molecule has 0 fully saturated rings. The zero-order valence-electron chi connectivity index (χ0n) is 9.17. The van der Waals surface area contributed by atoms with Crippen LogP contribution in [0.3, 0.4) is 0 Å². The fraction of sp³-hybridized carbons (Fsp3) is 0.364. The van der Waals surface area contributed by atoms with Crippen LogP contribution in [0.15, 0.2) is 18.2 Å². The highest BCUT2D eigenvalue weighted by Crippen LogP contribution is 2.22. The molecule has 0 atom stereocenters. The SMILES string of the molecule is CCN(C)C(=O)Nc1ccc(C)cc1Cl. The Bertz CT molecular complexity index is 366. The molecule has 0 heterocycles. The maximum absolute atomic E-state index is 11.5. The lowest BCUT2D eigenvalue weighted by Crippen LogP contribution is -2.31. The number of carbonyl (C=O) groups excluding carboxylic acids is 1. The van der Waals surface area contributed by atoms with Crippen LogP contribution in [-0.2, 0) is 0 Å². The average molecular weight is 227 g/mol. The van der Waals surface area contributed by atoms with E-state index in [1.807, 2.05) is 26.0 Å². The second-order valence-electron chi connectivity index (χ2n) is 3.43. The number of nitrogens with one attached hydrogen (secondary N) is 1. The van der Waals surface area contributed by atoms with Crippen LogP contribution in [0.25, 0.3) is 0 Å². The largest absolute Gasteiger partial charge is 0.328 e. The quantitative estimate of drug-likeness (QED) is 0.826. The van der Waals surface area contributed by atoms with E-state index in [9.17, 15) is 4.79 Å². The first-order chi connectivity index (χ1) is 7.04. The van der Waals surface area contributed by atoms with E-state index in [1.54, 1.807) is 18.0 Å². The Morgan fingerprint density at radius 2 is 2.20 bits per heavy atom. The smallest absolute Gasteiger partial charge is 0.321 e. The molecule has 0 bridgehead atoms. The molecule has 1 N–H and O–H groups in total. The van der Waals surface area contributed by atoms with Crippen molar-refractivity contribution in [2.75, 3.05) is 18.9 Å². The van der Waals surface area contributed by atoms with Crippen LogP contribution in [-0.4, -0.2) is 24.5 Å². The summed E-state index contributed by atoms with van der Waals surface area (Å²) >= 11 is 5.99. The van der Waals surface area contributed by atoms with Gasteiger partial charge in [0.25, 0.3) is 0 Å². The summed E-state index contributed by atoms with van der Waals surface area (Å²) in [4.78, 5) is 13.1. The number of hydrogen-bond donors (Lipinski definition) is 1. The highest BCUT2D eigenvalue weighted by atomic mass is 35.5. The fourth-order valence-corrected chi connectivity index (χ4v) is 1.36. The van der Waals surface area contributed by atoms with Crippen molar-refractivity contribution in [1.29, 1.82) is 0 Å². The van der Waals surface area contributed by atoms with E-state index in [4.69, 9.17) is 11.6 Å². The summed E-state index contributed by atoms with van der Waals surface area (Å²) in [6, 6.07) is 5.39. The second-order valence-corrected chi connectivity index (χ2v) is 3.83. The van der Waals surface area contributed by atoms with Gasteiger partial charge in [0.05, 0.1) is 10.7 Å². The van der Waals surface area contributed by atoms with Gasteiger partial charge in [-0.05, 0) is 31.5 Å². The normalized spacial score (nSPS) is 9.87. The average Bonchev–Trinajstić information content (AvgIpc) is 2.20. The van der Waals surface area contributed by atoms with Gasteiger partial charge in [-0.15, -0.1) is 0 Å². The van der Waals surface area contributed by atoms with Crippen molar-refractivity contribution >= 4 is 23.3 Å². The van der Waals surface area contributed by atoms with Crippen LogP contribution in [0.2, 0.25) is 5.02 Å². The van der Waals surface area contributed by atoms with Crippen LogP contribution in [0.5, 0.6) is 0 Å². The number of urea groups is 1. The minimum Gasteiger partial charge on any atom is -0.328 e. The van der Waals surface area contributed by atoms with Gasteiger partial charge in [-0.1, -0.05) is 17.7 Å². The molecular weight excluding hydrogens is 212 g/mol. The Kier molecular flexibility index (Phi) is 3.97. The number of benzene rings is 1. The third-order valence-corrected chi connectivity index (χ3v) is 2.50. The van der Waals surface area contributed by atoms with Crippen molar-refractivity contribution in [2.45, 2.75) is 13.8 Å². The summed E-state index contributed by atoms with van der Waals surface area (Å²) in [6.45, 7) is 4.53. The molecule has 1 rings (SSSR count). The highest BCUT2D eigenvalue weighted by molar-refractivity contribution is 6.33. The van der Waals surface area contributed by atoms with Gasteiger partial charge in [0.15, 0.2) is 0 Å². The van der Waals surface area contributed by atoms with E-state index >= 15 is 0 Å². The van der Waals surface area contributed by atoms with Gasteiger partial charge < -0.3 is 10.2 Å². The van der Waals surface area contributed by atoms with Crippen molar-refractivity contribution in [1.82, 2.24) is 4.90 Å². The van der Waals surface area contributed by atoms with Crippen molar-refractivity contribution in [3.8, 4) is 0 Å². The molecule has 0 aliphatic carbocycles. The number of halogens is 1. The molecule has 1 aromatic carbocycles. The minimum atomic E-state index is -0.150. The number of hydrogen-bond acceptors (Lipinski definition) is 1. The van der Waals surface area contributed by atoms with Crippen LogP contribution in [0.1, 0.15) is 12.5 Å². The predicted molar refractivity (Wildman–Crippen MR) is 63.5 cm³/mol. The van der Waals surface area contributed by atoms with E-state index in [0.717, 1.165) is 5.56 Å². The van der Waals surface area contributed by atoms with Gasteiger partial charge in [0, 0.05) is 13.6 Å². The van der Waals surface area contributed by atoms with Gasteiger partial charge in [0.1, 0.15) is 0 Å². The number of nitrogens with zero attached hydrogens (tertiary/aromatic N) is 1. The molecule has 0 aliphatic rings. The third kappa shape index (κ3) is 3.13. The zero-order chi connectivity index (χ0) is 11.4. The van der Waals surface area contributed by atoms with Gasteiger partial charge in [-0.3, -0.25) is 0 Å². The topological polar surface area (TPSA) is 32.3 Å². The Balaban J connectivity index is 2.77. The van der Waals surface area contributed by atoms with Gasteiger partial charge in [-0.25, -0.2) is 4.79 Å². The molecule has 15 heavy (non-hydrogen) atoms. The molecule has 0 saturated heterocycles. The first kappa shape index (κ1) is 11.9. The van der Waals surface area contributed by atoms with Gasteiger partial charge in [0.2, 0.25) is 0 Å². The lowest BCUT2D eigenvalue weighted by atomic mass is 10.2. The van der Waals surface area contributed by atoms with Crippen LogP contribution in [0.4, 0.5) is 10.5 Å². The molecule has 3 nitrogen and oxygen atoms in total. The lowest BCUT2D eigenvalue weighted by Gasteiger charge is -2.16. The summed E-state index contributed by atoms with van der Waals surface area (Å²) in [5.41, 5.74) is 1.72. The van der Waals surface area contributed by atoms with E-state index in [2.05, 4.69) is 5.32 Å². The molecule has 0 spiro atoms. The number of carbonyl (C=O) groups is 1. The third-order valence-electron chi connectivity index (χ3n) is 2.19. The van der Waals surface area contributed by atoms with Crippen LogP contribution < -0.4 is 5.32 Å². The summed E-state index contributed by atoms with van der Waals surface area (Å²) in [7, 11) is 1.73. The Labute approximate surface area is 95.0 Å². The monoisotopic (exact) mass is 226 g/mol. The summed E-state index contributed by atoms with van der Waals surface area (Å²) in [5.74, 6) is 0. The zero-order valence-corrected chi connectivity index (χ0v) is 9.93. The van der Waals surface area contributed by atoms with E-state index in [1.165, 1.54) is 0 Å². The van der Waals surface area contributed by atoms with Gasteiger partial charge in [-0.2, -0.15) is 0 Å². The predicted octanol–water partition coefficient (Wildman–Crippen LogP) is 3.13. The standard InChI is InChI=1S/C11H15ClN2O/c1-4-14(3)11(15)13-10-6-5-8(2)7-9(10)12/h5-7H,4H2,1-3H3,(H,13,15). The first-order valence-corrected chi connectivity index (χ1v) is 5.20. The summed E-state index contributed by atoms with van der Waals surface area (Å²) < 4.78 is 0. The lowest BCUT2D eigenvalue weighted by molar-refractivity contribution is 0.224. The molecule has 0 unspecified atom stereocenters. The molecule has 0 saturated carbocycles. The molecule has 82 valence electrons. The molecule has 0 radical (unpaired) electrons. The first-order valence-electron chi connectivity index (χ1n) is 4.83. The number of aryl methyl sites for hydroxylation is 1. The van der Waals surface area contributed by atoms with E-state index in [0.29, 0.717) is 17.3 Å². The molecule has 1 aromatic rings. The van der Waals surface area contributed by atoms with E-state index in [-0.39, 0.29) is 6.03 Å². The highest BCUT2D eigenvalue weighted by Gasteiger charge is 2.08. The Hall–Kier alpha value is -1.22. The number of amides is 2. The van der Waals surface area contributed by atoms with Crippen molar-refractivity contribution in [3.05, 3.63) is 28.8 Å². The maximum atomic E-state index is 11.5. The molecule has 0 aliphatic heterocycles. The molecule has 2 amide bonds. The minimum absolute atomic E-state index is 0.150. The maximum Gasteiger partial charge on any atom is 0.321 e. The van der Waals surface area contributed by atoms with Crippen molar-refractivity contribution < 1.29 is 4.79 Å². The molecular formula is C11H15ClN2O. The fourth-order valence-electron chi connectivity index (χ4n) is 1.08. The van der Waals surface area contributed by atoms with Crippen molar-refractivity contribution in [2.24, 2.45) is 0 Å². The second kappa shape index (κ2) is 5.03. The van der Waals surface area contributed by atoms with Crippen LogP contribution in [0, 0.1) is 6.92 Å². The molecule has 4 heteroatoms. The summed E-state index contributed by atoms with van der Waals surface area (Å²) in [5, 5.41) is 3.31. The molecule has 0 aromatic heterocycles. The van der Waals surface area contributed by atoms with Crippen LogP contribution >= 0.6 is 11.6 Å². The summed E-state index contributed by atoms with van der Waals surface area (Å²) in [6.07, 6.45) is 0.